The van der Waals surface area contributed by atoms with Crippen molar-refractivity contribution in [2.24, 2.45) is 0 Å². The van der Waals surface area contributed by atoms with Gasteiger partial charge in [-0.2, -0.15) is 0 Å². The first-order valence-electron chi connectivity index (χ1n) is 11.4. The van der Waals surface area contributed by atoms with Gasteiger partial charge in [0.25, 0.3) is 11.8 Å². The van der Waals surface area contributed by atoms with Crippen LogP contribution in [-0.2, 0) is 4.79 Å². The van der Waals surface area contributed by atoms with Crippen LogP contribution in [0.25, 0.3) is 6.08 Å². The van der Waals surface area contributed by atoms with Crippen molar-refractivity contribution < 1.29 is 23.5 Å². The van der Waals surface area contributed by atoms with Gasteiger partial charge in [0.15, 0.2) is 5.78 Å². The average Bonchev–Trinajstić information content (AvgIpc) is 3.45. The van der Waals surface area contributed by atoms with E-state index in [1.54, 1.807) is 72.8 Å². The Morgan fingerprint density at radius 3 is 2.32 bits per heavy atom. The number of Topliss-reactive ketones (excluding diaryl/α,β-unsaturated/α-hetero) is 1. The molecule has 7 nitrogen and oxygen atoms in total. The molecule has 0 saturated carbocycles. The van der Waals surface area contributed by atoms with E-state index in [2.05, 4.69) is 10.6 Å². The van der Waals surface area contributed by atoms with Gasteiger partial charge in [-0.15, -0.1) is 11.8 Å². The Morgan fingerprint density at radius 1 is 0.892 bits per heavy atom. The minimum atomic E-state index is -0.507. The summed E-state index contributed by atoms with van der Waals surface area (Å²) < 4.78 is 10.6. The molecule has 0 bridgehead atoms. The zero-order valence-electron chi connectivity index (χ0n) is 20.0. The molecule has 2 amide bonds. The first kappa shape index (κ1) is 25.5. The maximum absolute atomic E-state index is 13.0. The highest BCUT2D eigenvalue weighted by molar-refractivity contribution is 8.00. The Balaban J connectivity index is 1.40. The number of ether oxygens (including phenoxy) is 1. The van der Waals surface area contributed by atoms with Crippen LogP contribution < -0.4 is 15.4 Å². The zero-order chi connectivity index (χ0) is 26.0. The predicted octanol–water partition coefficient (Wildman–Crippen LogP) is 5.67. The SMILES string of the molecule is COc1ccccc1C(=O)CSc1ccc(NC(=O)/C(=C/c2ccco2)NC(=O)c2ccccc2)cc1. The maximum atomic E-state index is 13.0. The number of para-hydroxylation sites is 1. The van der Waals surface area contributed by atoms with Crippen LogP contribution >= 0.6 is 11.8 Å². The van der Waals surface area contributed by atoms with Gasteiger partial charge in [0.05, 0.1) is 24.7 Å². The van der Waals surface area contributed by atoms with E-state index in [0.29, 0.717) is 28.3 Å². The van der Waals surface area contributed by atoms with Crippen LogP contribution in [0.3, 0.4) is 0 Å². The van der Waals surface area contributed by atoms with Crippen LogP contribution in [-0.4, -0.2) is 30.5 Å². The molecule has 0 aliphatic rings. The van der Waals surface area contributed by atoms with E-state index in [1.807, 2.05) is 18.2 Å². The quantitative estimate of drug-likeness (QED) is 0.161. The second-order valence-corrected chi connectivity index (χ2v) is 8.83. The Hall–Kier alpha value is -4.56. The van der Waals surface area contributed by atoms with E-state index in [4.69, 9.17) is 9.15 Å². The van der Waals surface area contributed by atoms with Gasteiger partial charge in [-0.1, -0.05) is 30.3 Å². The molecule has 0 atom stereocenters. The number of thioether (sulfide) groups is 1. The van der Waals surface area contributed by atoms with Crippen LogP contribution in [0, 0.1) is 0 Å². The second kappa shape index (κ2) is 12.4. The molecule has 8 heteroatoms. The largest absolute Gasteiger partial charge is 0.496 e. The van der Waals surface area contributed by atoms with E-state index in [9.17, 15) is 14.4 Å². The number of anilines is 1. The number of furan rings is 1. The summed E-state index contributed by atoms with van der Waals surface area (Å²) in [7, 11) is 1.54. The third kappa shape index (κ3) is 6.99. The van der Waals surface area contributed by atoms with Crippen molar-refractivity contribution >= 4 is 41.1 Å². The minimum Gasteiger partial charge on any atom is -0.496 e. The number of carbonyl (C=O) groups is 3. The van der Waals surface area contributed by atoms with Gasteiger partial charge >= 0.3 is 0 Å². The van der Waals surface area contributed by atoms with Crippen molar-refractivity contribution in [3.05, 3.63) is 120 Å². The van der Waals surface area contributed by atoms with Gasteiger partial charge in [0, 0.05) is 22.2 Å². The summed E-state index contributed by atoms with van der Waals surface area (Å²) in [6, 6.07) is 26.2. The molecule has 0 unspecified atom stereocenters. The van der Waals surface area contributed by atoms with E-state index >= 15 is 0 Å². The van der Waals surface area contributed by atoms with Crippen LogP contribution in [0.4, 0.5) is 5.69 Å². The lowest BCUT2D eigenvalue weighted by Gasteiger charge is -2.11. The van der Waals surface area contributed by atoms with Crippen molar-refractivity contribution in [2.75, 3.05) is 18.2 Å². The van der Waals surface area contributed by atoms with Gasteiger partial charge in [0.1, 0.15) is 17.2 Å². The lowest BCUT2D eigenvalue weighted by molar-refractivity contribution is -0.113. The molecule has 4 aromatic rings. The van der Waals surface area contributed by atoms with E-state index in [-0.39, 0.29) is 17.2 Å². The van der Waals surface area contributed by atoms with Gasteiger partial charge in [-0.3, -0.25) is 14.4 Å². The molecule has 0 spiro atoms. The average molecular weight is 513 g/mol. The summed E-state index contributed by atoms with van der Waals surface area (Å²) >= 11 is 1.39. The lowest BCUT2D eigenvalue weighted by atomic mass is 10.1. The maximum Gasteiger partial charge on any atom is 0.272 e. The van der Waals surface area contributed by atoms with Crippen molar-refractivity contribution in [2.45, 2.75) is 4.90 Å². The molecule has 1 heterocycles. The van der Waals surface area contributed by atoms with Crippen LogP contribution in [0.2, 0.25) is 0 Å². The highest BCUT2D eigenvalue weighted by atomic mass is 32.2. The monoisotopic (exact) mass is 512 g/mol. The fraction of sp³-hybridized carbons (Fsp3) is 0.0690. The molecule has 3 aromatic carbocycles. The summed E-state index contributed by atoms with van der Waals surface area (Å²) in [4.78, 5) is 39.1. The highest BCUT2D eigenvalue weighted by Crippen LogP contribution is 2.24. The number of hydrogen-bond acceptors (Lipinski definition) is 6. The number of carbonyl (C=O) groups excluding carboxylic acids is 3. The first-order chi connectivity index (χ1) is 18.0. The number of amides is 2. The number of ketones is 1. The molecule has 0 radical (unpaired) electrons. The molecule has 186 valence electrons. The van der Waals surface area contributed by atoms with Gasteiger partial charge in [-0.25, -0.2) is 0 Å². The highest BCUT2D eigenvalue weighted by Gasteiger charge is 2.16. The Labute approximate surface area is 218 Å². The number of rotatable bonds is 10. The predicted molar refractivity (Wildman–Crippen MR) is 144 cm³/mol. The van der Waals surface area contributed by atoms with E-state index in [1.165, 1.54) is 31.2 Å². The normalized spacial score (nSPS) is 11.0. The zero-order valence-corrected chi connectivity index (χ0v) is 20.8. The summed E-state index contributed by atoms with van der Waals surface area (Å²) in [5, 5.41) is 5.45. The molecule has 0 aliphatic heterocycles. The van der Waals surface area contributed by atoms with Gasteiger partial charge < -0.3 is 19.8 Å². The van der Waals surface area contributed by atoms with Crippen molar-refractivity contribution in [1.29, 1.82) is 0 Å². The molecule has 1 aromatic heterocycles. The second-order valence-electron chi connectivity index (χ2n) is 7.78. The lowest BCUT2D eigenvalue weighted by Crippen LogP contribution is -2.30. The molecule has 2 N–H and O–H groups in total. The minimum absolute atomic E-state index is 0.0321. The molecule has 4 rings (SSSR count). The van der Waals surface area contributed by atoms with Crippen molar-refractivity contribution in [3.8, 4) is 5.75 Å². The standard InChI is InChI=1S/C29H24N2O5S/c1-35-27-12-6-5-11-24(27)26(32)19-37-23-15-13-21(14-16-23)30-29(34)25(18-22-10-7-17-36-22)31-28(33)20-8-3-2-4-9-20/h2-18H,19H2,1H3,(H,30,34)(H,31,33)/b25-18-. The van der Waals surface area contributed by atoms with E-state index in [0.717, 1.165) is 4.90 Å². The first-order valence-corrected chi connectivity index (χ1v) is 12.3. The third-order valence-corrected chi connectivity index (χ3v) is 6.26. The Bertz CT molecular complexity index is 1400. The molecule has 0 saturated heterocycles. The molecular weight excluding hydrogens is 488 g/mol. The Kier molecular flexibility index (Phi) is 8.57. The third-order valence-electron chi connectivity index (χ3n) is 5.25. The van der Waals surface area contributed by atoms with Gasteiger partial charge in [-0.05, 0) is 60.7 Å². The number of methoxy groups -OCH3 is 1. The van der Waals surface area contributed by atoms with Gasteiger partial charge in [0.2, 0.25) is 0 Å². The van der Waals surface area contributed by atoms with Crippen LogP contribution in [0.1, 0.15) is 26.5 Å². The fourth-order valence-corrected chi connectivity index (χ4v) is 4.17. The fourth-order valence-electron chi connectivity index (χ4n) is 3.39. The summed E-state index contributed by atoms with van der Waals surface area (Å²) in [6.07, 6.45) is 2.94. The summed E-state index contributed by atoms with van der Waals surface area (Å²) in [5.41, 5.74) is 1.52. The smallest absolute Gasteiger partial charge is 0.272 e. The molecule has 0 aliphatic carbocycles. The molecule has 37 heavy (non-hydrogen) atoms. The number of benzene rings is 3. The van der Waals surface area contributed by atoms with Crippen molar-refractivity contribution in [3.63, 3.8) is 0 Å². The number of hydrogen-bond donors (Lipinski definition) is 2. The Morgan fingerprint density at radius 2 is 1.62 bits per heavy atom. The van der Waals surface area contributed by atoms with Crippen LogP contribution in [0.15, 0.2) is 112 Å². The summed E-state index contributed by atoms with van der Waals surface area (Å²) in [6.45, 7) is 0. The van der Waals surface area contributed by atoms with E-state index < -0.39 is 11.8 Å². The van der Waals surface area contributed by atoms with Crippen LogP contribution in [0.5, 0.6) is 5.75 Å². The topological polar surface area (TPSA) is 97.6 Å². The summed E-state index contributed by atoms with van der Waals surface area (Å²) in [5.74, 6) is 0.246. The number of nitrogens with one attached hydrogen (secondary N) is 2. The van der Waals surface area contributed by atoms with Crippen molar-refractivity contribution in [1.82, 2.24) is 5.32 Å². The molecular formula is C29H24N2O5S. The molecule has 0 fully saturated rings.